The first kappa shape index (κ1) is 10.8. The lowest BCUT2D eigenvalue weighted by Crippen LogP contribution is -2.27. The third kappa shape index (κ3) is 4.24. The van der Waals surface area contributed by atoms with Crippen molar-refractivity contribution in [3.8, 4) is 0 Å². The van der Waals surface area contributed by atoms with Crippen LogP contribution in [0.15, 0.2) is 0 Å². The summed E-state index contributed by atoms with van der Waals surface area (Å²) < 4.78 is 10.8. The van der Waals surface area contributed by atoms with E-state index in [1.807, 2.05) is 0 Å². The maximum absolute atomic E-state index is 11.6. The first-order valence-corrected chi connectivity index (χ1v) is 4.42. The summed E-state index contributed by atoms with van der Waals surface area (Å²) >= 11 is 1.27. The summed E-state index contributed by atoms with van der Waals surface area (Å²) in [5, 5.41) is 8.63. The number of hydrogen-bond donors (Lipinski definition) is 1. The molecular weight excluding hydrogens is 167 g/mol. The van der Waals surface area contributed by atoms with Crippen LogP contribution in [0.4, 0.5) is 4.39 Å². The molecule has 0 rings (SSSR count). The quantitative estimate of drug-likeness (QED) is 0.657. The van der Waals surface area contributed by atoms with E-state index < -0.39 is 10.7 Å². The van der Waals surface area contributed by atoms with E-state index in [1.165, 1.54) is 11.8 Å². The van der Waals surface area contributed by atoms with Crippen molar-refractivity contribution >= 4 is 17.7 Å². The lowest BCUT2D eigenvalue weighted by atomic mass is 10.2. The molecule has 0 fully saturated rings. The number of halogens is 1. The summed E-state index contributed by atoms with van der Waals surface area (Å²) in [7, 11) is 0. The molecule has 0 aliphatic rings. The predicted molar refractivity (Wildman–Crippen MR) is 44.8 cm³/mol. The second-order valence-electron chi connectivity index (χ2n) is 2.71. The van der Waals surface area contributed by atoms with Crippen molar-refractivity contribution in [3.63, 3.8) is 0 Å². The molecule has 0 bridgehead atoms. The molecule has 0 unspecified atom stereocenters. The Bertz CT molecular complexity index is 136. The summed E-state index contributed by atoms with van der Waals surface area (Å²) in [4.78, 5) is 10.5. The molecule has 0 aromatic heterocycles. The Balaban J connectivity index is 3.64. The van der Waals surface area contributed by atoms with E-state index in [9.17, 15) is 9.18 Å². The summed E-state index contributed by atoms with van der Waals surface area (Å²) in [5.74, 6) is -0.281. The lowest BCUT2D eigenvalue weighted by Gasteiger charge is -2.17. The SMILES string of the molecule is CC(C)(SCCCF)C(=O)O. The molecule has 0 saturated heterocycles. The highest BCUT2D eigenvalue weighted by atomic mass is 32.2. The summed E-state index contributed by atoms with van der Waals surface area (Å²) in [5.41, 5.74) is 0. The molecule has 0 heterocycles. The minimum atomic E-state index is -0.846. The lowest BCUT2D eigenvalue weighted by molar-refractivity contribution is -0.138. The Labute approximate surface area is 70.2 Å². The number of carboxylic acid groups (broad SMARTS) is 1. The van der Waals surface area contributed by atoms with Crippen molar-refractivity contribution in [3.05, 3.63) is 0 Å². The van der Waals surface area contributed by atoms with Gasteiger partial charge in [-0.25, -0.2) is 0 Å². The van der Waals surface area contributed by atoms with Gasteiger partial charge in [0.25, 0.3) is 0 Å². The van der Waals surface area contributed by atoms with Crippen LogP contribution in [0.5, 0.6) is 0 Å². The van der Waals surface area contributed by atoms with E-state index in [4.69, 9.17) is 5.11 Å². The highest BCUT2D eigenvalue weighted by Crippen LogP contribution is 2.24. The number of carboxylic acids is 1. The number of rotatable bonds is 5. The maximum Gasteiger partial charge on any atom is 0.319 e. The van der Waals surface area contributed by atoms with Gasteiger partial charge in [-0.15, -0.1) is 11.8 Å². The molecule has 0 aromatic carbocycles. The number of thioether (sulfide) groups is 1. The molecule has 0 aliphatic carbocycles. The minimum absolute atomic E-state index is 0.372. The van der Waals surface area contributed by atoms with Crippen molar-refractivity contribution in [2.75, 3.05) is 12.4 Å². The van der Waals surface area contributed by atoms with E-state index in [-0.39, 0.29) is 6.67 Å². The summed E-state index contributed by atoms with van der Waals surface area (Å²) in [6, 6.07) is 0. The van der Waals surface area contributed by atoms with Crippen molar-refractivity contribution in [2.24, 2.45) is 0 Å². The smallest absolute Gasteiger partial charge is 0.319 e. The van der Waals surface area contributed by atoms with Crippen molar-refractivity contribution < 1.29 is 14.3 Å². The Morgan fingerprint density at radius 3 is 2.55 bits per heavy atom. The van der Waals surface area contributed by atoms with Crippen molar-refractivity contribution in [1.82, 2.24) is 0 Å². The van der Waals surface area contributed by atoms with Gasteiger partial charge in [0.05, 0.1) is 6.67 Å². The Hall–Kier alpha value is -0.250. The zero-order chi connectivity index (χ0) is 8.91. The third-order valence-corrected chi connectivity index (χ3v) is 2.65. The molecule has 66 valence electrons. The molecule has 0 aliphatic heterocycles. The zero-order valence-electron chi connectivity index (χ0n) is 6.76. The van der Waals surface area contributed by atoms with Crippen LogP contribution in [-0.4, -0.2) is 28.3 Å². The monoisotopic (exact) mass is 180 g/mol. The van der Waals surface area contributed by atoms with Crippen LogP contribution in [0.2, 0.25) is 0 Å². The van der Waals surface area contributed by atoms with Crippen LogP contribution in [0.1, 0.15) is 20.3 Å². The van der Waals surface area contributed by atoms with Crippen molar-refractivity contribution in [2.45, 2.75) is 25.0 Å². The van der Waals surface area contributed by atoms with E-state index in [0.29, 0.717) is 12.2 Å². The van der Waals surface area contributed by atoms with Crippen molar-refractivity contribution in [1.29, 1.82) is 0 Å². The average Bonchev–Trinajstić information content (AvgIpc) is 1.88. The van der Waals surface area contributed by atoms with Gasteiger partial charge in [0.1, 0.15) is 4.75 Å². The van der Waals surface area contributed by atoms with Crippen LogP contribution < -0.4 is 0 Å². The molecule has 11 heavy (non-hydrogen) atoms. The molecule has 0 amide bonds. The fourth-order valence-corrected chi connectivity index (χ4v) is 1.33. The van der Waals surface area contributed by atoms with Crippen LogP contribution in [0.3, 0.4) is 0 Å². The molecule has 0 spiro atoms. The largest absolute Gasteiger partial charge is 0.480 e. The normalized spacial score (nSPS) is 11.5. The van der Waals surface area contributed by atoms with Gasteiger partial charge >= 0.3 is 5.97 Å². The fourth-order valence-electron chi connectivity index (χ4n) is 0.444. The van der Waals surface area contributed by atoms with Crippen LogP contribution in [0, 0.1) is 0 Å². The molecule has 1 N–H and O–H groups in total. The number of aliphatic carboxylic acids is 1. The van der Waals surface area contributed by atoms with E-state index >= 15 is 0 Å². The van der Waals surface area contributed by atoms with Gasteiger partial charge < -0.3 is 5.11 Å². The molecule has 0 atom stereocenters. The highest BCUT2D eigenvalue weighted by molar-refractivity contribution is 8.01. The highest BCUT2D eigenvalue weighted by Gasteiger charge is 2.26. The van der Waals surface area contributed by atoms with Gasteiger partial charge in [-0.2, -0.15) is 0 Å². The Morgan fingerprint density at radius 1 is 1.64 bits per heavy atom. The number of carbonyl (C=O) groups is 1. The maximum atomic E-state index is 11.6. The molecule has 0 radical (unpaired) electrons. The Morgan fingerprint density at radius 2 is 2.18 bits per heavy atom. The van der Waals surface area contributed by atoms with Crippen LogP contribution in [-0.2, 0) is 4.79 Å². The molecule has 2 nitrogen and oxygen atoms in total. The zero-order valence-corrected chi connectivity index (χ0v) is 7.58. The number of alkyl halides is 1. The second kappa shape index (κ2) is 4.59. The van der Waals surface area contributed by atoms with Gasteiger partial charge in [0.15, 0.2) is 0 Å². The van der Waals surface area contributed by atoms with Gasteiger partial charge in [-0.3, -0.25) is 9.18 Å². The van der Waals surface area contributed by atoms with E-state index in [2.05, 4.69) is 0 Å². The first-order valence-electron chi connectivity index (χ1n) is 3.44. The van der Waals surface area contributed by atoms with Gasteiger partial charge in [0.2, 0.25) is 0 Å². The Kier molecular flexibility index (Phi) is 4.49. The third-order valence-electron chi connectivity index (χ3n) is 1.26. The van der Waals surface area contributed by atoms with Gasteiger partial charge in [-0.05, 0) is 26.0 Å². The fraction of sp³-hybridized carbons (Fsp3) is 0.857. The van der Waals surface area contributed by atoms with Crippen LogP contribution >= 0.6 is 11.8 Å². The van der Waals surface area contributed by atoms with Gasteiger partial charge in [0, 0.05) is 0 Å². The van der Waals surface area contributed by atoms with E-state index in [0.717, 1.165) is 0 Å². The molecular formula is C7H13FO2S. The van der Waals surface area contributed by atoms with E-state index in [1.54, 1.807) is 13.8 Å². The molecule has 4 heteroatoms. The number of hydrogen-bond acceptors (Lipinski definition) is 2. The average molecular weight is 180 g/mol. The van der Waals surface area contributed by atoms with Crippen LogP contribution in [0.25, 0.3) is 0 Å². The standard InChI is InChI=1S/C7H13FO2S/c1-7(2,6(9)10)11-5-3-4-8/h3-5H2,1-2H3,(H,9,10). The minimum Gasteiger partial charge on any atom is -0.480 e. The summed E-state index contributed by atoms with van der Waals surface area (Å²) in [6.45, 7) is 2.87. The summed E-state index contributed by atoms with van der Waals surface area (Å²) in [6.07, 6.45) is 0.432. The second-order valence-corrected chi connectivity index (χ2v) is 4.42. The predicted octanol–water partition coefficient (Wildman–Crippen LogP) is 1.94. The van der Waals surface area contributed by atoms with Gasteiger partial charge in [-0.1, -0.05) is 0 Å². The first-order chi connectivity index (χ1) is 5.00. The molecule has 0 aromatic rings. The molecule has 0 saturated carbocycles. The topological polar surface area (TPSA) is 37.3 Å².